The molecule has 3 heterocycles. The van der Waals surface area contributed by atoms with Crippen LogP contribution in [0.15, 0.2) is 41.7 Å². The van der Waals surface area contributed by atoms with Gasteiger partial charge in [-0.05, 0) is 17.7 Å². The molecular formula is C22H31FIN7O2. The number of amides is 1. The molecule has 9 nitrogen and oxygen atoms in total. The van der Waals surface area contributed by atoms with Crippen LogP contribution in [0.25, 0.3) is 0 Å². The van der Waals surface area contributed by atoms with Crippen LogP contribution in [0.5, 0.6) is 0 Å². The zero-order valence-corrected chi connectivity index (χ0v) is 21.3. The van der Waals surface area contributed by atoms with E-state index < -0.39 is 0 Å². The number of hydrogen-bond donors (Lipinski definition) is 1. The lowest BCUT2D eigenvalue weighted by Gasteiger charge is -2.38. The number of nitrogens with one attached hydrogen (secondary N) is 1. The van der Waals surface area contributed by atoms with Crippen LogP contribution >= 0.6 is 24.0 Å². The minimum atomic E-state index is -0.247. The lowest BCUT2D eigenvalue weighted by molar-refractivity contribution is -0.120. The number of aromatic nitrogens is 2. The van der Waals surface area contributed by atoms with Gasteiger partial charge in [0.2, 0.25) is 5.91 Å². The molecule has 0 aliphatic carbocycles. The fourth-order valence-electron chi connectivity index (χ4n) is 4.23. The van der Waals surface area contributed by atoms with Crippen LogP contribution in [0.4, 0.5) is 10.1 Å². The lowest BCUT2D eigenvalue weighted by atomic mass is 10.0. The van der Waals surface area contributed by atoms with Gasteiger partial charge < -0.3 is 19.9 Å². The van der Waals surface area contributed by atoms with Crippen molar-refractivity contribution < 1.29 is 13.9 Å². The van der Waals surface area contributed by atoms with Gasteiger partial charge in [0.1, 0.15) is 12.4 Å². The summed E-state index contributed by atoms with van der Waals surface area (Å²) in [7, 11) is 3.56. The van der Waals surface area contributed by atoms with Gasteiger partial charge >= 0.3 is 0 Å². The number of morpholine rings is 1. The molecular weight excluding hydrogens is 540 g/mol. The van der Waals surface area contributed by atoms with Gasteiger partial charge in [0.05, 0.1) is 31.1 Å². The minimum Gasteiger partial charge on any atom is -0.379 e. The van der Waals surface area contributed by atoms with Crippen molar-refractivity contribution in [3.8, 4) is 0 Å². The Morgan fingerprint density at radius 3 is 2.55 bits per heavy atom. The van der Waals surface area contributed by atoms with Crippen LogP contribution in [-0.2, 0) is 16.6 Å². The van der Waals surface area contributed by atoms with Crippen LogP contribution in [0.2, 0.25) is 0 Å². The third kappa shape index (κ3) is 6.21. The number of aliphatic imine (C=N–C) groups is 1. The molecule has 2 fully saturated rings. The van der Waals surface area contributed by atoms with Gasteiger partial charge in [0, 0.05) is 53.0 Å². The predicted molar refractivity (Wildman–Crippen MR) is 135 cm³/mol. The van der Waals surface area contributed by atoms with E-state index in [1.54, 1.807) is 22.8 Å². The van der Waals surface area contributed by atoms with E-state index in [2.05, 4.69) is 20.3 Å². The second-order valence-corrected chi connectivity index (χ2v) is 7.98. The summed E-state index contributed by atoms with van der Waals surface area (Å²) in [6, 6.07) is 6.69. The molecule has 180 valence electrons. The summed E-state index contributed by atoms with van der Waals surface area (Å²) in [5.41, 5.74) is 1.84. The Kier molecular flexibility index (Phi) is 9.03. The molecule has 2 aromatic rings. The topological polar surface area (TPSA) is 78.2 Å². The molecule has 1 N–H and O–H groups in total. The van der Waals surface area contributed by atoms with E-state index in [-0.39, 0.29) is 48.3 Å². The summed E-state index contributed by atoms with van der Waals surface area (Å²) in [5.74, 6) is 0.447. The Balaban J connectivity index is 0.00000306. The van der Waals surface area contributed by atoms with Crippen LogP contribution in [0.3, 0.4) is 0 Å². The van der Waals surface area contributed by atoms with Gasteiger partial charge in [0.15, 0.2) is 5.96 Å². The van der Waals surface area contributed by atoms with E-state index in [1.165, 1.54) is 12.1 Å². The van der Waals surface area contributed by atoms with Crippen molar-refractivity contribution in [3.05, 3.63) is 48.0 Å². The largest absolute Gasteiger partial charge is 0.379 e. The minimum absolute atomic E-state index is 0. The van der Waals surface area contributed by atoms with Gasteiger partial charge in [-0.3, -0.25) is 19.4 Å². The molecule has 2 aliphatic heterocycles. The Morgan fingerprint density at radius 2 is 1.94 bits per heavy atom. The Labute approximate surface area is 210 Å². The Bertz CT molecular complexity index is 946. The van der Waals surface area contributed by atoms with Crippen molar-refractivity contribution >= 4 is 41.5 Å². The van der Waals surface area contributed by atoms with Crippen molar-refractivity contribution in [2.24, 2.45) is 12.0 Å². The van der Waals surface area contributed by atoms with Crippen molar-refractivity contribution in [1.82, 2.24) is 24.9 Å². The fourth-order valence-corrected chi connectivity index (χ4v) is 4.23. The average molecular weight is 571 g/mol. The summed E-state index contributed by atoms with van der Waals surface area (Å²) < 4.78 is 20.7. The standard InChI is InChI=1S/C22H30FN7O2.HI/c1-24-22(29-7-8-30(21(31)16-29)19-13-26-27(2)15-19)25-14-20(28-9-11-32-12-10-28)17-3-5-18(23)6-4-17;/h3-6,13,15,20H,7-12,14,16H2,1-2H3,(H,24,25);1H. The maximum absolute atomic E-state index is 13.5. The molecule has 0 radical (unpaired) electrons. The van der Waals surface area contributed by atoms with Crippen LogP contribution < -0.4 is 10.2 Å². The molecule has 4 rings (SSSR count). The van der Waals surface area contributed by atoms with E-state index in [4.69, 9.17) is 4.74 Å². The molecule has 1 atom stereocenters. The number of rotatable bonds is 5. The van der Waals surface area contributed by atoms with E-state index in [0.29, 0.717) is 38.8 Å². The normalized spacial score (nSPS) is 18.8. The first-order chi connectivity index (χ1) is 15.5. The third-order valence-electron chi connectivity index (χ3n) is 5.93. The van der Waals surface area contributed by atoms with Gasteiger partial charge in [-0.2, -0.15) is 5.10 Å². The van der Waals surface area contributed by atoms with Crippen LogP contribution in [0.1, 0.15) is 11.6 Å². The fraction of sp³-hybridized carbons (Fsp3) is 0.500. The molecule has 1 amide bonds. The Morgan fingerprint density at radius 1 is 1.21 bits per heavy atom. The summed E-state index contributed by atoms with van der Waals surface area (Å²) in [6.07, 6.45) is 3.55. The van der Waals surface area contributed by atoms with Crippen LogP contribution in [-0.4, -0.2) is 91.0 Å². The number of guanidine groups is 1. The number of ether oxygens (including phenoxy) is 1. The quantitative estimate of drug-likeness (QED) is 0.333. The molecule has 0 bridgehead atoms. The van der Waals surface area contributed by atoms with Gasteiger partial charge in [-0.15, -0.1) is 24.0 Å². The monoisotopic (exact) mass is 571 g/mol. The molecule has 33 heavy (non-hydrogen) atoms. The number of benzene rings is 1. The SMILES string of the molecule is CN=C(NCC(c1ccc(F)cc1)N1CCOCC1)N1CCN(c2cnn(C)c2)C(=O)C1.I. The average Bonchev–Trinajstić information content (AvgIpc) is 3.24. The maximum atomic E-state index is 13.5. The smallest absolute Gasteiger partial charge is 0.246 e. The molecule has 1 aromatic carbocycles. The second-order valence-electron chi connectivity index (χ2n) is 7.98. The van der Waals surface area contributed by atoms with Crippen LogP contribution in [0, 0.1) is 5.82 Å². The van der Waals surface area contributed by atoms with Crippen molar-refractivity contribution in [2.75, 3.05) is 64.4 Å². The highest BCUT2D eigenvalue weighted by molar-refractivity contribution is 14.0. The molecule has 11 heteroatoms. The first-order valence-corrected chi connectivity index (χ1v) is 10.9. The van der Waals surface area contributed by atoms with E-state index in [1.807, 2.05) is 30.3 Å². The number of halogens is 2. The summed E-state index contributed by atoms with van der Waals surface area (Å²) in [5, 5.41) is 7.60. The highest BCUT2D eigenvalue weighted by atomic mass is 127. The number of nitrogens with zero attached hydrogens (tertiary/aromatic N) is 6. The molecule has 2 aliphatic rings. The zero-order valence-electron chi connectivity index (χ0n) is 19.0. The molecule has 0 saturated carbocycles. The number of carbonyl (C=O) groups is 1. The Hall–Kier alpha value is -2.25. The summed E-state index contributed by atoms with van der Waals surface area (Å²) in [4.78, 5) is 23.3. The summed E-state index contributed by atoms with van der Waals surface area (Å²) >= 11 is 0. The highest BCUT2D eigenvalue weighted by Gasteiger charge is 2.29. The second kappa shape index (κ2) is 11.7. The van der Waals surface area contributed by atoms with Gasteiger partial charge in [-0.1, -0.05) is 12.1 Å². The van der Waals surface area contributed by atoms with E-state index >= 15 is 0 Å². The molecule has 0 spiro atoms. The predicted octanol–water partition coefficient (Wildman–Crippen LogP) is 1.47. The first kappa shape index (κ1) is 25.4. The van der Waals surface area contributed by atoms with E-state index in [0.717, 1.165) is 24.3 Å². The molecule has 1 aromatic heterocycles. The third-order valence-corrected chi connectivity index (χ3v) is 5.93. The highest BCUT2D eigenvalue weighted by Crippen LogP contribution is 2.22. The number of piperazine rings is 1. The molecule has 1 unspecified atom stereocenters. The van der Waals surface area contributed by atoms with Crippen molar-refractivity contribution in [2.45, 2.75) is 6.04 Å². The summed E-state index contributed by atoms with van der Waals surface area (Å²) in [6.45, 7) is 5.04. The first-order valence-electron chi connectivity index (χ1n) is 10.9. The maximum Gasteiger partial charge on any atom is 0.246 e. The van der Waals surface area contributed by atoms with Crippen molar-refractivity contribution in [3.63, 3.8) is 0 Å². The number of hydrogen-bond acceptors (Lipinski definition) is 5. The van der Waals surface area contributed by atoms with Crippen molar-refractivity contribution in [1.29, 1.82) is 0 Å². The zero-order chi connectivity index (χ0) is 22.5. The number of aryl methyl sites for hydroxylation is 1. The lowest BCUT2D eigenvalue weighted by Crippen LogP contribution is -2.56. The van der Waals surface area contributed by atoms with E-state index in [9.17, 15) is 9.18 Å². The number of carbonyl (C=O) groups excluding carboxylic acids is 1. The van der Waals surface area contributed by atoms with Gasteiger partial charge in [-0.25, -0.2) is 4.39 Å². The van der Waals surface area contributed by atoms with Gasteiger partial charge in [0.25, 0.3) is 0 Å². The number of anilines is 1. The molecule has 2 saturated heterocycles.